The molecule has 360 valence electrons. The summed E-state index contributed by atoms with van der Waals surface area (Å²) < 4.78 is 55.2. The van der Waals surface area contributed by atoms with E-state index in [0.29, 0.717) is 138 Å². The molecule has 0 fully saturated rings. The van der Waals surface area contributed by atoms with Crippen LogP contribution in [-0.4, -0.2) is 178 Å². The molecule has 0 amide bonds. The Morgan fingerprint density at radius 2 is 0.672 bits per heavy atom. The fourth-order valence-corrected chi connectivity index (χ4v) is 5.83. The third-order valence-corrected chi connectivity index (χ3v) is 8.32. The van der Waals surface area contributed by atoms with Gasteiger partial charge in [-0.1, -0.05) is 55.2 Å². The second-order valence-corrected chi connectivity index (χ2v) is 29.8. The van der Waals surface area contributed by atoms with E-state index in [-0.39, 0.29) is 88.1 Å². The number of benzene rings is 1. The minimum atomic E-state index is -2.95. The van der Waals surface area contributed by atoms with Crippen LogP contribution >= 0.6 is 0 Å². The quantitative estimate of drug-likeness (QED) is 0.0579. The molecular weight excluding hydrogens is 956 g/mol. The van der Waals surface area contributed by atoms with Crippen molar-refractivity contribution in [2.24, 2.45) is 5.41 Å². The van der Waals surface area contributed by atoms with Gasteiger partial charge in [0.25, 0.3) is 0 Å². The third kappa shape index (κ3) is 63.4. The number of hydrogen-bond acceptors (Lipinski definition) is 14. The van der Waals surface area contributed by atoms with Crippen molar-refractivity contribution in [1.29, 1.82) is 0 Å². The minimum absolute atomic E-state index is 0. The Labute approximate surface area is 435 Å². The van der Waals surface area contributed by atoms with Crippen LogP contribution in [0, 0.1) is 5.41 Å². The van der Waals surface area contributed by atoms with E-state index in [1.807, 2.05) is 51.4 Å². The van der Waals surface area contributed by atoms with Crippen molar-refractivity contribution in [3.8, 4) is 5.75 Å². The summed E-state index contributed by atoms with van der Waals surface area (Å²) in [6, 6.07) is 8.83. The molecule has 0 heterocycles. The minimum Gasteiger partial charge on any atom is -0.491 e. The molecule has 0 saturated heterocycles. The van der Waals surface area contributed by atoms with Crippen molar-refractivity contribution in [3.05, 3.63) is 29.8 Å². The normalized spacial score (nSPS) is 12.1. The fourth-order valence-electron chi connectivity index (χ4n) is 5.02. The van der Waals surface area contributed by atoms with Crippen LogP contribution in [0.3, 0.4) is 0 Å². The summed E-state index contributed by atoms with van der Waals surface area (Å²) in [6.45, 7) is 33.7. The maximum atomic E-state index is 9.33. The van der Waals surface area contributed by atoms with Crippen molar-refractivity contribution in [2.45, 2.75) is 105 Å². The Morgan fingerprint density at radius 1 is 0.426 bits per heavy atom. The Morgan fingerprint density at radius 3 is 0.918 bits per heavy atom. The topological polar surface area (TPSA) is 173 Å². The van der Waals surface area contributed by atoms with Crippen LogP contribution in [-0.2, 0) is 48.0 Å². The molecule has 0 aromatic heterocycles. The smallest absolute Gasteiger partial charge is 0.491 e. The molecule has 4 N–H and O–H groups in total. The summed E-state index contributed by atoms with van der Waals surface area (Å²) in [7, 11) is -6.17. The fraction of sp³-hybridized carbons (Fsp3) is 0.857. The first-order valence-electron chi connectivity index (χ1n) is 21.2. The van der Waals surface area contributed by atoms with Crippen LogP contribution in [0.2, 0.25) is 51.9 Å². The van der Waals surface area contributed by atoms with Gasteiger partial charge < -0.3 is 66.6 Å². The van der Waals surface area contributed by atoms with Gasteiger partial charge in [0, 0.05) is 6.61 Å². The van der Waals surface area contributed by atoms with Gasteiger partial charge in [0.15, 0.2) is 16.6 Å². The number of ether oxygens (including phenoxy) is 10. The molecule has 0 unspecified atom stereocenters. The van der Waals surface area contributed by atoms with Gasteiger partial charge in [-0.15, -0.1) is 0 Å². The molecule has 1 rings (SSSR count). The van der Waals surface area contributed by atoms with E-state index in [9.17, 15) is 9.59 Å². The standard InChI is InChI=1S/C36H68O12Si.2C3H10OSi.BH4.Cs/c1-35(2,3)32-36(4,5)33-8-10-34(11-9-33)48-30-29-47-28-27-46-26-25-45-24-23-44-22-21-43-20-19-42-18-17-41-16-15-40-14-13-39-12-7-31-49(6,37)38;2*1-5(2,3)4;;/h8-11,37-38H,7,12-32H2,1-6H3;2*4H,1-3H3;1H4;/q;;;-1;+1. The molecule has 1 aromatic rings. The molecular formula is C42H92BCsO14Si3. The maximum Gasteiger partial charge on any atom is 1.00 e. The molecule has 0 atom stereocenters. The van der Waals surface area contributed by atoms with Crippen molar-refractivity contribution >= 4 is 33.6 Å². The Kier molecular flexibility index (Phi) is 46.8. The summed E-state index contributed by atoms with van der Waals surface area (Å²) >= 11 is 0. The molecule has 61 heavy (non-hydrogen) atoms. The molecule has 0 bridgehead atoms. The van der Waals surface area contributed by atoms with Gasteiger partial charge in [-0.2, -0.15) is 0 Å². The van der Waals surface area contributed by atoms with Crippen molar-refractivity contribution in [3.63, 3.8) is 0 Å². The molecule has 0 saturated carbocycles. The van der Waals surface area contributed by atoms with E-state index in [1.165, 1.54) is 12.1 Å². The first kappa shape index (κ1) is 68.8. The van der Waals surface area contributed by atoms with E-state index in [2.05, 4.69) is 46.8 Å². The number of rotatable bonds is 34. The van der Waals surface area contributed by atoms with Gasteiger partial charge >= 0.3 is 77.5 Å². The number of hydrogen-bond donors (Lipinski definition) is 4. The molecule has 0 aliphatic rings. The first-order chi connectivity index (χ1) is 27.4. The van der Waals surface area contributed by atoms with Gasteiger partial charge in [0.2, 0.25) is 0 Å². The summed E-state index contributed by atoms with van der Waals surface area (Å²) in [6.07, 6.45) is 1.76. The molecule has 0 spiro atoms. The summed E-state index contributed by atoms with van der Waals surface area (Å²) in [4.78, 5) is 36.0. The average Bonchev–Trinajstić information content (AvgIpc) is 3.08. The molecule has 0 radical (unpaired) electrons. The summed E-state index contributed by atoms with van der Waals surface area (Å²) in [5, 5.41) is 0. The first-order valence-corrected chi connectivity index (χ1v) is 30.7. The van der Waals surface area contributed by atoms with E-state index >= 15 is 0 Å². The largest absolute Gasteiger partial charge is 1.00 e. The monoisotopic (exact) mass is 1050 g/mol. The van der Waals surface area contributed by atoms with Gasteiger partial charge in [-0.25, -0.2) is 0 Å². The van der Waals surface area contributed by atoms with Crippen LogP contribution < -0.4 is 73.6 Å². The maximum absolute atomic E-state index is 9.33. The zero-order chi connectivity index (χ0) is 45.1. The van der Waals surface area contributed by atoms with E-state index < -0.39 is 25.2 Å². The van der Waals surface area contributed by atoms with Crippen LogP contribution in [0.25, 0.3) is 0 Å². The third-order valence-electron chi connectivity index (χ3n) is 7.02. The van der Waals surface area contributed by atoms with Crippen molar-refractivity contribution in [2.75, 3.05) is 126 Å². The van der Waals surface area contributed by atoms with Gasteiger partial charge in [0.05, 0.1) is 112 Å². The van der Waals surface area contributed by atoms with Gasteiger partial charge in [-0.3, -0.25) is 0 Å². The van der Waals surface area contributed by atoms with Gasteiger partial charge in [-0.05, 0) is 93.2 Å². The Hall–Kier alpha value is 1.27. The molecule has 19 heteroatoms. The summed E-state index contributed by atoms with van der Waals surface area (Å²) in [5.41, 5.74) is 1.73. The second-order valence-electron chi connectivity index (χ2n) is 18.2. The van der Waals surface area contributed by atoms with Crippen molar-refractivity contribution in [1.82, 2.24) is 0 Å². The van der Waals surface area contributed by atoms with Crippen molar-refractivity contribution < 1.29 is 135 Å². The van der Waals surface area contributed by atoms with Crippen LogP contribution in [0.15, 0.2) is 24.3 Å². The SMILES string of the molecule is CC(C)(C)CC(C)(C)c1ccc(OCCOCCOCCOCCOCCOCCOCCOCCOCCOCCC[Si](C)(O)O)cc1.C[Si](C)(C)O.C[Si](C)(C)O.[BH4-].[Cs+]. The molecule has 0 aliphatic carbocycles. The summed E-state index contributed by atoms with van der Waals surface area (Å²) in [5.74, 6) is 0.858. The van der Waals surface area contributed by atoms with Crippen LogP contribution in [0.5, 0.6) is 5.75 Å². The Bertz CT molecular complexity index is 1050. The molecule has 1 aromatic carbocycles. The molecule has 0 aliphatic heterocycles. The second kappa shape index (κ2) is 41.5. The van der Waals surface area contributed by atoms with Crippen LogP contribution in [0.1, 0.15) is 53.0 Å². The molecule has 14 nitrogen and oxygen atoms in total. The van der Waals surface area contributed by atoms with E-state index in [4.69, 9.17) is 57.0 Å². The predicted octanol–water partition coefficient (Wildman–Crippen LogP) is 1.55. The van der Waals surface area contributed by atoms with E-state index in [1.54, 1.807) is 0 Å². The predicted molar refractivity (Wildman–Crippen MR) is 254 cm³/mol. The van der Waals surface area contributed by atoms with Crippen LogP contribution in [0.4, 0.5) is 0 Å². The zero-order valence-corrected chi connectivity index (χ0v) is 49.5. The van der Waals surface area contributed by atoms with Gasteiger partial charge in [0.1, 0.15) is 12.4 Å². The van der Waals surface area contributed by atoms with E-state index in [0.717, 1.165) is 12.2 Å². The Balaban J connectivity index is -0.00000120. The average molecular weight is 1050 g/mol. The zero-order valence-electron chi connectivity index (χ0n) is 40.2.